The third-order valence-corrected chi connectivity index (χ3v) is 4.43. The maximum Gasteiger partial charge on any atom is 0.387 e. The normalized spacial score (nSPS) is 11.9. The summed E-state index contributed by atoms with van der Waals surface area (Å²) in [4.78, 5) is 40.7. The quantitative estimate of drug-likeness (QED) is 0.554. The summed E-state index contributed by atoms with van der Waals surface area (Å²) in [6.07, 6.45) is -0.108. The van der Waals surface area contributed by atoms with Gasteiger partial charge in [-0.1, -0.05) is 23.7 Å². The molecule has 0 radical (unpaired) electrons. The topological polar surface area (TPSA) is 99.5 Å². The smallest absolute Gasteiger partial charge is 0.387 e. The van der Waals surface area contributed by atoms with Crippen LogP contribution in [-0.4, -0.2) is 34.1 Å². The van der Waals surface area contributed by atoms with Crippen molar-refractivity contribution in [2.75, 3.05) is 5.32 Å². The molecule has 11 heteroatoms. The molecule has 0 fully saturated rings. The molecule has 8 nitrogen and oxygen atoms in total. The SMILES string of the molecule is CC(OC(=O)Cn1c(=O)cnc2ccccc21)C(=O)Nc1ccc(OC(F)F)c(Cl)c1. The van der Waals surface area contributed by atoms with Crippen LogP contribution in [0, 0.1) is 0 Å². The maximum atomic E-state index is 12.3. The van der Waals surface area contributed by atoms with Crippen LogP contribution < -0.4 is 15.6 Å². The third-order valence-electron chi connectivity index (χ3n) is 4.13. The molecule has 0 saturated carbocycles. The Balaban J connectivity index is 1.64. The predicted molar refractivity (Wildman–Crippen MR) is 108 cm³/mol. The molecule has 0 saturated heterocycles. The van der Waals surface area contributed by atoms with Crippen LogP contribution in [0.2, 0.25) is 5.02 Å². The van der Waals surface area contributed by atoms with Gasteiger partial charge in [-0.3, -0.25) is 19.0 Å². The Labute approximate surface area is 179 Å². The lowest BCUT2D eigenvalue weighted by Gasteiger charge is -2.15. The average Bonchev–Trinajstić information content (AvgIpc) is 2.72. The van der Waals surface area contributed by atoms with Crippen molar-refractivity contribution in [1.82, 2.24) is 9.55 Å². The van der Waals surface area contributed by atoms with E-state index >= 15 is 0 Å². The average molecular weight is 452 g/mol. The van der Waals surface area contributed by atoms with E-state index in [0.29, 0.717) is 11.0 Å². The lowest BCUT2D eigenvalue weighted by molar-refractivity contribution is -0.153. The Kier molecular flexibility index (Phi) is 6.81. The number of hydrogen-bond donors (Lipinski definition) is 1. The first-order valence-electron chi connectivity index (χ1n) is 8.94. The van der Waals surface area contributed by atoms with Gasteiger partial charge in [0, 0.05) is 5.69 Å². The lowest BCUT2D eigenvalue weighted by Crippen LogP contribution is -2.33. The fourth-order valence-corrected chi connectivity index (χ4v) is 2.93. The molecule has 0 bridgehead atoms. The molecule has 0 aliphatic rings. The molecular formula is C20H16ClF2N3O5. The zero-order valence-electron chi connectivity index (χ0n) is 16.1. The zero-order chi connectivity index (χ0) is 22.5. The Morgan fingerprint density at radius 1 is 1.23 bits per heavy atom. The van der Waals surface area contributed by atoms with Crippen LogP contribution in [0.5, 0.6) is 5.75 Å². The molecule has 1 amide bonds. The number of alkyl halides is 2. The fraction of sp³-hybridized carbons (Fsp3) is 0.200. The Morgan fingerprint density at radius 2 is 1.97 bits per heavy atom. The van der Waals surface area contributed by atoms with Crippen LogP contribution in [-0.2, 0) is 20.9 Å². The summed E-state index contributed by atoms with van der Waals surface area (Å²) in [5, 5.41) is 2.32. The van der Waals surface area contributed by atoms with Gasteiger partial charge in [-0.2, -0.15) is 8.78 Å². The predicted octanol–water partition coefficient (Wildman–Crippen LogP) is 3.22. The molecule has 162 valence electrons. The van der Waals surface area contributed by atoms with Crippen molar-refractivity contribution in [2.24, 2.45) is 0 Å². The largest absolute Gasteiger partial charge is 0.451 e. The van der Waals surface area contributed by atoms with Gasteiger partial charge in [0.05, 0.1) is 22.3 Å². The van der Waals surface area contributed by atoms with E-state index in [9.17, 15) is 23.2 Å². The van der Waals surface area contributed by atoms with Gasteiger partial charge in [0.1, 0.15) is 12.3 Å². The van der Waals surface area contributed by atoms with Crippen molar-refractivity contribution in [2.45, 2.75) is 26.2 Å². The van der Waals surface area contributed by atoms with Crippen LogP contribution in [0.4, 0.5) is 14.5 Å². The summed E-state index contributed by atoms with van der Waals surface area (Å²) in [7, 11) is 0. The third kappa shape index (κ3) is 5.54. The summed E-state index contributed by atoms with van der Waals surface area (Å²) in [6, 6.07) is 10.5. The number of carbonyl (C=O) groups excluding carboxylic acids is 2. The standard InChI is InChI=1S/C20H16ClF2N3O5/c1-11(19(29)25-12-6-7-16(13(21)8-12)31-20(22)23)30-18(28)10-26-15-5-3-2-4-14(15)24-9-17(26)27/h2-9,11,20H,10H2,1H3,(H,25,29). The summed E-state index contributed by atoms with van der Waals surface area (Å²) in [6.45, 7) is -2.11. The minimum absolute atomic E-state index is 0.133. The second-order valence-corrected chi connectivity index (χ2v) is 6.72. The number of amides is 1. The molecule has 1 heterocycles. The van der Waals surface area contributed by atoms with Crippen molar-refractivity contribution in [3.63, 3.8) is 0 Å². The minimum Gasteiger partial charge on any atom is -0.451 e. The van der Waals surface area contributed by atoms with E-state index in [1.54, 1.807) is 24.3 Å². The van der Waals surface area contributed by atoms with Crippen molar-refractivity contribution in [3.05, 3.63) is 64.0 Å². The minimum atomic E-state index is -3.04. The summed E-state index contributed by atoms with van der Waals surface area (Å²) >= 11 is 5.84. The monoisotopic (exact) mass is 451 g/mol. The van der Waals surface area contributed by atoms with E-state index in [2.05, 4.69) is 15.0 Å². The van der Waals surface area contributed by atoms with Crippen LogP contribution in [0.3, 0.4) is 0 Å². The van der Waals surface area contributed by atoms with Gasteiger partial charge < -0.3 is 14.8 Å². The lowest BCUT2D eigenvalue weighted by atomic mass is 10.2. The highest BCUT2D eigenvalue weighted by molar-refractivity contribution is 6.32. The molecule has 1 N–H and O–H groups in total. The van der Waals surface area contributed by atoms with Crippen molar-refractivity contribution < 1.29 is 27.8 Å². The number of nitrogens with one attached hydrogen (secondary N) is 1. The number of ether oxygens (including phenoxy) is 2. The number of fused-ring (bicyclic) bond motifs is 1. The first-order valence-corrected chi connectivity index (χ1v) is 9.31. The van der Waals surface area contributed by atoms with E-state index < -0.39 is 36.7 Å². The van der Waals surface area contributed by atoms with E-state index in [0.717, 1.165) is 6.20 Å². The molecule has 1 atom stereocenters. The summed E-state index contributed by atoms with van der Waals surface area (Å²) in [5.41, 5.74) is 0.672. The Bertz CT molecular complexity index is 1180. The van der Waals surface area contributed by atoms with Crippen molar-refractivity contribution >= 4 is 40.2 Å². The Morgan fingerprint density at radius 3 is 2.68 bits per heavy atom. The maximum absolute atomic E-state index is 12.3. The number of esters is 1. The molecule has 2 aromatic carbocycles. The zero-order valence-corrected chi connectivity index (χ0v) is 16.8. The Hall–Kier alpha value is -3.53. The molecule has 0 spiro atoms. The molecular weight excluding hydrogens is 436 g/mol. The van der Waals surface area contributed by atoms with Crippen LogP contribution in [0.1, 0.15) is 6.92 Å². The molecule has 1 unspecified atom stereocenters. The molecule has 3 rings (SSSR count). The highest BCUT2D eigenvalue weighted by Gasteiger charge is 2.20. The van der Waals surface area contributed by atoms with Crippen LogP contribution in [0.25, 0.3) is 11.0 Å². The molecule has 1 aromatic heterocycles. The van der Waals surface area contributed by atoms with Gasteiger partial charge >= 0.3 is 12.6 Å². The van der Waals surface area contributed by atoms with E-state index in [-0.39, 0.29) is 16.5 Å². The molecule has 0 aliphatic carbocycles. The molecule has 3 aromatic rings. The van der Waals surface area contributed by atoms with Crippen LogP contribution >= 0.6 is 11.6 Å². The number of carbonyl (C=O) groups is 2. The number of benzene rings is 2. The summed E-state index contributed by atoms with van der Waals surface area (Å²) < 4.78 is 35.1. The number of aromatic nitrogens is 2. The number of anilines is 1. The first kappa shape index (κ1) is 22.2. The van der Waals surface area contributed by atoms with Gasteiger partial charge in [0.25, 0.3) is 11.5 Å². The number of nitrogens with zero attached hydrogens (tertiary/aromatic N) is 2. The van der Waals surface area contributed by atoms with Gasteiger partial charge in [-0.25, -0.2) is 4.98 Å². The first-order chi connectivity index (χ1) is 14.7. The van der Waals surface area contributed by atoms with Gasteiger partial charge in [-0.15, -0.1) is 0 Å². The van der Waals surface area contributed by atoms with Gasteiger partial charge in [0.2, 0.25) is 0 Å². The van der Waals surface area contributed by atoms with Crippen molar-refractivity contribution in [1.29, 1.82) is 0 Å². The second kappa shape index (κ2) is 9.52. The van der Waals surface area contributed by atoms with Crippen molar-refractivity contribution in [3.8, 4) is 5.75 Å². The summed E-state index contributed by atoms with van der Waals surface area (Å²) in [5.74, 6) is -1.73. The van der Waals surface area contributed by atoms with E-state index in [1.807, 2.05) is 0 Å². The highest BCUT2D eigenvalue weighted by Crippen LogP contribution is 2.29. The number of para-hydroxylation sites is 2. The number of rotatable bonds is 7. The second-order valence-electron chi connectivity index (χ2n) is 6.32. The fourth-order valence-electron chi connectivity index (χ4n) is 2.71. The number of halogens is 3. The van der Waals surface area contributed by atoms with Gasteiger partial charge in [-0.05, 0) is 37.3 Å². The molecule has 0 aliphatic heterocycles. The molecule has 31 heavy (non-hydrogen) atoms. The van der Waals surface area contributed by atoms with E-state index in [4.69, 9.17) is 16.3 Å². The van der Waals surface area contributed by atoms with Gasteiger partial charge in [0.15, 0.2) is 6.10 Å². The highest BCUT2D eigenvalue weighted by atomic mass is 35.5. The van der Waals surface area contributed by atoms with Crippen LogP contribution in [0.15, 0.2) is 53.5 Å². The van der Waals surface area contributed by atoms with E-state index in [1.165, 1.54) is 29.7 Å². The number of hydrogen-bond acceptors (Lipinski definition) is 6.